The molecule has 0 saturated heterocycles. The average molecular weight is 164 g/mol. The molecular weight excluding hydrogens is 154 g/mol. The molecule has 1 aliphatic carbocycles. The Morgan fingerprint density at radius 2 is 1.91 bits per heavy atom. The molecule has 1 unspecified atom stereocenters. The fraction of sp³-hybridized carbons (Fsp3) is 0.857. The van der Waals surface area contributed by atoms with Crippen molar-refractivity contribution in [1.29, 1.82) is 0 Å². The van der Waals surface area contributed by atoms with Crippen molar-refractivity contribution in [3.63, 3.8) is 0 Å². The van der Waals surface area contributed by atoms with Crippen LogP contribution in [0.5, 0.6) is 0 Å². The number of carbonyl (C=O) groups is 1. The summed E-state index contributed by atoms with van der Waals surface area (Å²) in [6, 6.07) is 0. The Bertz CT molecular complexity index is 130. The molecule has 0 heterocycles. The third kappa shape index (κ3) is 2.13. The summed E-state index contributed by atoms with van der Waals surface area (Å²) in [4.78, 5) is 9.71. The highest BCUT2D eigenvalue weighted by molar-refractivity contribution is 5.36. The largest absolute Gasteiger partial charge is 0.468 e. The molecule has 0 bridgehead atoms. The SMILES string of the molecule is O=COCC1C[C@@H](F)[C@@H](F)C1. The molecule has 1 aliphatic rings. The van der Waals surface area contributed by atoms with Gasteiger partial charge >= 0.3 is 0 Å². The Hall–Kier alpha value is -0.670. The number of alkyl halides is 2. The Balaban J connectivity index is 2.23. The summed E-state index contributed by atoms with van der Waals surface area (Å²) in [5.74, 6) is -0.134. The van der Waals surface area contributed by atoms with Gasteiger partial charge in [0.05, 0.1) is 6.61 Å². The molecule has 0 aromatic heterocycles. The third-order valence-electron chi connectivity index (χ3n) is 1.91. The number of halogens is 2. The molecule has 0 aromatic rings. The van der Waals surface area contributed by atoms with Gasteiger partial charge in [-0.15, -0.1) is 0 Å². The molecular formula is C7H10F2O2. The van der Waals surface area contributed by atoms with Gasteiger partial charge in [-0.1, -0.05) is 0 Å². The van der Waals surface area contributed by atoms with Crippen molar-refractivity contribution in [3.05, 3.63) is 0 Å². The van der Waals surface area contributed by atoms with Gasteiger partial charge in [-0.05, 0) is 18.8 Å². The molecule has 0 aromatic carbocycles. The summed E-state index contributed by atoms with van der Waals surface area (Å²) >= 11 is 0. The van der Waals surface area contributed by atoms with Crippen molar-refractivity contribution in [3.8, 4) is 0 Å². The smallest absolute Gasteiger partial charge is 0.293 e. The number of hydrogen-bond acceptors (Lipinski definition) is 2. The molecule has 64 valence electrons. The molecule has 1 saturated carbocycles. The van der Waals surface area contributed by atoms with Gasteiger partial charge in [-0.25, -0.2) is 8.78 Å². The molecule has 11 heavy (non-hydrogen) atoms. The lowest BCUT2D eigenvalue weighted by atomic mass is 10.1. The number of rotatable bonds is 3. The van der Waals surface area contributed by atoms with Gasteiger partial charge in [0.15, 0.2) is 0 Å². The predicted octanol–water partition coefficient (Wildman–Crippen LogP) is 1.25. The summed E-state index contributed by atoms with van der Waals surface area (Å²) in [7, 11) is 0. The zero-order valence-electron chi connectivity index (χ0n) is 6.00. The van der Waals surface area contributed by atoms with E-state index in [0.29, 0.717) is 6.47 Å². The summed E-state index contributed by atoms with van der Waals surface area (Å²) in [6.45, 7) is 0.448. The van der Waals surface area contributed by atoms with Crippen LogP contribution in [0.25, 0.3) is 0 Å². The van der Waals surface area contributed by atoms with Gasteiger partial charge in [0, 0.05) is 0 Å². The van der Waals surface area contributed by atoms with E-state index in [0.717, 1.165) is 0 Å². The van der Waals surface area contributed by atoms with Gasteiger partial charge in [0.2, 0.25) is 0 Å². The van der Waals surface area contributed by atoms with Crippen LogP contribution in [0, 0.1) is 5.92 Å². The fourth-order valence-electron chi connectivity index (χ4n) is 1.34. The van der Waals surface area contributed by atoms with E-state index in [-0.39, 0.29) is 25.4 Å². The van der Waals surface area contributed by atoms with Gasteiger partial charge < -0.3 is 4.74 Å². The standard InChI is InChI=1S/C7H10F2O2/c8-6-1-5(2-7(6)9)3-11-4-10/h4-7H,1-3H2/t5?,6-,7+. The van der Waals surface area contributed by atoms with Crippen molar-refractivity contribution < 1.29 is 18.3 Å². The van der Waals surface area contributed by atoms with Gasteiger partial charge in [-0.3, -0.25) is 4.79 Å². The molecule has 0 amide bonds. The Morgan fingerprint density at radius 1 is 1.36 bits per heavy atom. The second-order valence-electron chi connectivity index (χ2n) is 2.80. The molecule has 4 heteroatoms. The van der Waals surface area contributed by atoms with E-state index in [1.54, 1.807) is 0 Å². The van der Waals surface area contributed by atoms with Crippen LogP contribution in [-0.2, 0) is 9.53 Å². The van der Waals surface area contributed by atoms with Crippen LogP contribution < -0.4 is 0 Å². The monoisotopic (exact) mass is 164 g/mol. The quantitative estimate of drug-likeness (QED) is 0.587. The Morgan fingerprint density at radius 3 is 2.36 bits per heavy atom. The highest BCUT2D eigenvalue weighted by Crippen LogP contribution is 2.30. The minimum absolute atomic E-state index is 0.134. The molecule has 1 rings (SSSR count). The lowest BCUT2D eigenvalue weighted by Gasteiger charge is -2.04. The molecule has 0 radical (unpaired) electrons. The summed E-state index contributed by atoms with van der Waals surface area (Å²) in [5.41, 5.74) is 0. The Kier molecular flexibility index (Phi) is 2.79. The van der Waals surface area contributed by atoms with Crippen LogP contribution in [0.2, 0.25) is 0 Å². The van der Waals surface area contributed by atoms with E-state index in [2.05, 4.69) is 4.74 Å². The zero-order chi connectivity index (χ0) is 8.27. The maximum Gasteiger partial charge on any atom is 0.293 e. The van der Waals surface area contributed by atoms with Crippen molar-refractivity contribution in [1.82, 2.24) is 0 Å². The van der Waals surface area contributed by atoms with Crippen LogP contribution >= 0.6 is 0 Å². The van der Waals surface area contributed by atoms with E-state index in [1.807, 2.05) is 0 Å². The van der Waals surface area contributed by atoms with E-state index in [9.17, 15) is 13.6 Å². The van der Waals surface area contributed by atoms with Gasteiger partial charge in [0.25, 0.3) is 6.47 Å². The van der Waals surface area contributed by atoms with E-state index in [1.165, 1.54) is 0 Å². The van der Waals surface area contributed by atoms with Crippen LogP contribution in [0.15, 0.2) is 0 Å². The van der Waals surface area contributed by atoms with Crippen molar-refractivity contribution >= 4 is 6.47 Å². The lowest BCUT2D eigenvalue weighted by molar-refractivity contribution is -0.129. The van der Waals surface area contributed by atoms with Crippen LogP contribution in [0.3, 0.4) is 0 Å². The molecule has 1 fully saturated rings. The highest BCUT2D eigenvalue weighted by atomic mass is 19.2. The van der Waals surface area contributed by atoms with Crippen molar-refractivity contribution in [2.75, 3.05) is 6.61 Å². The van der Waals surface area contributed by atoms with E-state index < -0.39 is 12.3 Å². The maximum absolute atomic E-state index is 12.5. The summed E-state index contributed by atoms with van der Waals surface area (Å²) < 4.78 is 29.4. The summed E-state index contributed by atoms with van der Waals surface area (Å²) in [6.07, 6.45) is -2.38. The summed E-state index contributed by atoms with van der Waals surface area (Å²) in [5, 5.41) is 0. The highest BCUT2D eigenvalue weighted by Gasteiger charge is 2.34. The lowest BCUT2D eigenvalue weighted by Crippen LogP contribution is -2.06. The van der Waals surface area contributed by atoms with Crippen LogP contribution in [-0.4, -0.2) is 25.4 Å². The normalized spacial score (nSPS) is 37.1. The predicted molar refractivity (Wildman–Crippen MR) is 34.5 cm³/mol. The van der Waals surface area contributed by atoms with E-state index >= 15 is 0 Å². The first kappa shape index (κ1) is 8.43. The van der Waals surface area contributed by atoms with Crippen LogP contribution in [0.1, 0.15) is 12.8 Å². The first-order chi connectivity index (χ1) is 5.24. The zero-order valence-corrected chi connectivity index (χ0v) is 6.00. The van der Waals surface area contributed by atoms with Crippen molar-refractivity contribution in [2.24, 2.45) is 5.92 Å². The fourth-order valence-corrected chi connectivity index (χ4v) is 1.34. The third-order valence-corrected chi connectivity index (χ3v) is 1.91. The minimum atomic E-state index is -1.37. The molecule has 0 spiro atoms. The minimum Gasteiger partial charge on any atom is -0.468 e. The Labute approximate surface area is 63.5 Å². The number of ether oxygens (including phenoxy) is 1. The number of carbonyl (C=O) groups excluding carboxylic acids is 1. The second-order valence-corrected chi connectivity index (χ2v) is 2.80. The molecule has 0 N–H and O–H groups in total. The molecule has 3 atom stereocenters. The average Bonchev–Trinajstić information content (AvgIpc) is 2.28. The van der Waals surface area contributed by atoms with Gasteiger partial charge in [0.1, 0.15) is 12.3 Å². The van der Waals surface area contributed by atoms with Crippen LogP contribution in [0.4, 0.5) is 8.78 Å². The van der Waals surface area contributed by atoms with E-state index in [4.69, 9.17) is 0 Å². The second kappa shape index (κ2) is 3.64. The van der Waals surface area contributed by atoms with Gasteiger partial charge in [-0.2, -0.15) is 0 Å². The first-order valence-corrected chi connectivity index (χ1v) is 3.57. The maximum atomic E-state index is 12.5. The molecule has 2 nitrogen and oxygen atoms in total. The first-order valence-electron chi connectivity index (χ1n) is 3.57. The molecule has 0 aliphatic heterocycles. The topological polar surface area (TPSA) is 26.3 Å². The number of hydrogen-bond donors (Lipinski definition) is 0. The van der Waals surface area contributed by atoms with Crippen molar-refractivity contribution in [2.45, 2.75) is 25.2 Å².